The van der Waals surface area contributed by atoms with Crippen LogP contribution in [0.15, 0.2) is 48.6 Å². The highest BCUT2D eigenvalue weighted by atomic mass is 16.6. The summed E-state index contributed by atoms with van der Waals surface area (Å²) in [6, 6.07) is 0. The van der Waals surface area contributed by atoms with E-state index in [2.05, 4.69) is 57.2 Å². The fraction of sp³-hybridized carbons (Fsp3) is 0.750. The second kappa shape index (κ2) is 34.2. The lowest BCUT2D eigenvalue weighted by molar-refractivity contribution is -0.161. The van der Waals surface area contributed by atoms with Crippen molar-refractivity contribution in [1.29, 1.82) is 0 Å². The summed E-state index contributed by atoms with van der Waals surface area (Å²) in [4.78, 5) is 24.2. The fourth-order valence-corrected chi connectivity index (χ4v) is 4.95. The molecule has 6 nitrogen and oxygen atoms in total. The molecule has 3 atom stereocenters. The van der Waals surface area contributed by atoms with E-state index < -0.39 is 6.10 Å². The third-order valence-electron chi connectivity index (χ3n) is 8.24. The van der Waals surface area contributed by atoms with E-state index in [1.807, 2.05) is 12.2 Å². The minimum absolute atomic E-state index is 0.106. The molecule has 0 heterocycles. The maximum atomic E-state index is 12.1. The lowest BCUT2D eigenvalue weighted by Crippen LogP contribution is -2.28. The molecule has 0 aliphatic carbocycles. The monoisotopic (exact) mass is 647 g/mol. The first-order valence-corrected chi connectivity index (χ1v) is 18.7. The molecule has 0 saturated heterocycles. The Kier molecular flexibility index (Phi) is 32.5. The van der Waals surface area contributed by atoms with Crippen LogP contribution in [0, 0.1) is 5.92 Å². The minimum atomic E-state index is -0.803. The lowest BCUT2D eigenvalue weighted by Gasteiger charge is -2.15. The predicted octanol–water partition coefficient (Wildman–Crippen LogP) is 10.3. The van der Waals surface area contributed by atoms with Gasteiger partial charge in [0, 0.05) is 12.8 Å². The number of aliphatic hydroxyl groups excluding tert-OH is 2. The predicted molar refractivity (Wildman–Crippen MR) is 193 cm³/mol. The van der Waals surface area contributed by atoms with Crippen molar-refractivity contribution < 1.29 is 29.3 Å². The highest BCUT2D eigenvalue weighted by Gasteiger charge is 2.16. The van der Waals surface area contributed by atoms with Crippen LogP contribution in [-0.4, -0.2) is 47.6 Å². The van der Waals surface area contributed by atoms with Gasteiger partial charge in [-0.15, -0.1) is 0 Å². The molecular weight excluding hydrogens is 576 g/mol. The average molecular weight is 647 g/mol. The molecule has 266 valence electrons. The molecule has 0 bridgehead atoms. The topological polar surface area (TPSA) is 93.1 Å². The number of hydrogen-bond donors (Lipinski definition) is 2. The van der Waals surface area contributed by atoms with E-state index in [1.54, 1.807) is 0 Å². The highest BCUT2D eigenvalue weighted by Crippen LogP contribution is 2.15. The Morgan fingerprint density at radius 1 is 0.652 bits per heavy atom. The van der Waals surface area contributed by atoms with Crippen LogP contribution in [0.25, 0.3) is 0 Å². The van der Waals surface area contributed by atoms with Gasteiger partial charge in [0.2, 0.25) is 0 Å². The summed E-state index contributed by atoms with van der Waals surface area (Å²) in [6.07, 6.45) is 37.9. The number of ether oxygens (including phenoxy) is 2. The Hall–Kier alpha value is -2.18. The van der Waals surface area contributed by atoms with Gasteiger partial charge in [-0.25, -0.2) is 0 Å². The van der Waals surface area contributed by atoms with Crippen LogP contribution >= 0.6 is 0 Å². The molecule has 0 aromatic heterocycles. The summed E-state index contributed by atoms with van der Waals surface area (Å²) in [5, 5.41) is 19.3. The summed E-state index contributed by atoms with van der Waals surface area (Å²) in [5.74, 6) is 0.188. The summed E-state index contributed by atoms with van der Waals surface area (Å²) < 4.78 is 10.5. The van der Waals surface area contributed by atoms with Crippen LogP contribution in [-0.2, 0) is 19.1 Å². The number of hydrogen-bond acceptors (Lipinski definition) is 6. The summed E-state index contributed by atoms with van der Waals surface area (Å²) >= 11 is 0. The Morgan fingerprint density at radius 3 is 1.78 bits per heavy atom. The zero-order chi connectivity index (χ0) is 33.9. The Labute approximate surface area is 282 Å². The number of carbonyl (C=O) groups excluding carboxylic acids is 2. The van der Waals surface area contributed by atoms with Gasteiger partial charge in [0.25, 0.3) is 0 Å². The lowest BCUT2D eigenvalue weighted by atomic mass is 9.99. The molecule has 6 heteroatoms. The number of aliphatic hydroxyl groups is 2. The second-order valence-corrected chi connectivity index (χ2v) is 12.7. The van der Waals surface area contributed by atoms with Gasteiger partial charge < -0.3 is 19.7 Å². The van der Waals surface area contributed by atoms with Gasteiger partial charge in [-0.2, -0.15) is 0 Å². The van der Waals surface area contributed by atoms with Gasteiger partial charge in [-0.05, 0) is 50.9 Å². The Morgan fingerprint density at radius 2 is 1.20 bits per heavy atom. The van der Waals surface area contributed by atoms with Crippen molar-refractivity contribution in [2.75, 3.05) is 13.2 Å². The van der Waals surface area contributed by atoms with Crippen molar-refractivity contribution in [3.8, 4) is 0 Å². The van der Waals surface area contributed by atoms with Crippen molar-refractivity contribution >= 4 is 11.9 Å². The van der Waals surface area contributed by atoms with Crippen molar-refractivity contribution in [3.63, 3.8) is 0 Å². The maximum absolute atomic E-state index is 12.1. The van der Waals surface area contributed by atoms with E-state index >= 15 is 0 Å². The van der Waals surface area contributed by atoms with Crippen LogP contribution in [0.2, 0.25) is 0 Å². The molecule has 0 aromatic rings. The number of rotatable bonds is 32. The van der Waals surface area contributed by atoms with E-state index in [-0.39, 0.29) is 31.3 Å². The normalized spacial score (nSPS) is 14.1. The Balaban J connectivity index is 3.72. The third-order valence-corrected chi connectivity index (χ3v) is 8.24. The van der Waals surface area contributed by atoms with Gasteiger partial charge in [-0.3, -0.25) is 9.59 Å². The summed E-state index contributed by atoms with van der Waals surface area (Å²) in [5.41, 5.74) is 0. The van der Waals surface area contributed by atoms with Crippen molar-refractivity contribution in [1.82, 2.24) is 0 Å². The van der Waals surface area contributed by atoms with E-state index in [0.717, 1.165) is 70.1 Å². The molecule has 2 N–H and O–H groups in total. The fourth-order valence-electron chi connectivity index (χ4n) is 4.95. The maximum Gasteiger partial charge on any atom is 0.306 e. The molecule has 0 fully saturated rings. The highest BCUT2D eigenvalue weighted by molar-refractivity contribution is 5.70. The number of unbranched alkanes of at least 4 members (excludes halogenated alkanes) is 11. The van der Waals surface area contributed by atoms with Crippen molar-refractivity contribution in [3.05, 3.63) is 48.6 Å². The summed E-state index contributed by atoms with van der Waals surface area (Å²) in [7, 11) is 0. The van der Waals surface area contributed by atoms with Crippen LogP contribution in [0.3, 0.4) is 0 Å². The molecule has 1 unspecified atom stereocenters. The molecular formula is C40H70O6. The van der Waals surface area contributed by atoms with Crippen molar-refractivity contribution in [2.24, 2.45) is 5.92 Å². The number of esters is 2. The molecule has 0 amide bonds. The third kappa shape index (κ3) is 31.8. The van der Waals surface area contributed by atoms with E-state index in [0.29, 0.717) is 19.3 Å². The second-order valence-electron chi connectivity index (χ2n) is 12.7. The molecule has 0 aliphatic heterocycles. The first-order chi connectivity index (χ1) is 22.4. The minimum Gasteiger partial charge on any atom is -0.462 e. The van der Waals surface area contributed by atoms with Crippen LogP contribution in [0.1, 0.15) is 162 Å². The molecule has 0 rings (SSSR count). The average Bonchev–Trinajstić information content (AvgIpc) is 3.05. The molecule has 46 heavy (non-hydrogen) atoms. The summed E-state index contributed by atoms with van der Waals surface area (Å²) in [6.45, 7) is 6.28. The van der Waals surface area contributed by atoms with Gasteiger partial charge in [0.05, 0.1) is 12.7 Å². The number of carbonyl (C=O) groups is 2. The SMILES string of the molecule is CCCC[C@H](O)/C=C\C/C=C\C/C=C\C/C=C\CCCC(=O)OC[C@H](CO)OC(=O)CCCCCCCCCCCCC(C)CC. The van der Waals surface area contributed by atoms with Gasteiger partial charge in [-0.1, -0.05) is 153 Å². The van der Waals surface area contributed by atoms with E-state index in [4.69, 9.17) is 9.47 Å². The van der Waals surface area contributed by atoms with Gasteiger partial charge >= 0.3 is 11.9 Å². The first-order valence-electron chi connectivity index (χ1n) is 18.7. The molecule has 0 spiro atoms. The van der Waals surface area contributed by atoms with Crippen LogP contribution < -0.4 is 0 Å². The molecule has 0 saturated carbocycles. The number of allylic oxidation sites excluding steroid dienone is 7. The van der Waals surface area contributed by atoms with Crippen LogP contribution in [0.4, 0.5) is 0 Å². The van der Waals surface area contributed by atoms with Gasteiger partial charge in [0.1, 0.15) is 6.61 Å². The smallest absolute Gasteiger partial charge is 0.306 e. The quantitative estimate of drug-likeness (QED) is 0.0429. The first kappa shape index (κ1) is 43.8. The van der Waals surface area contributed by atoms with Crippen molar-refractivity contribution in [2.45, 2.75) is 174 Å². The molecule has 0 radical (unpaired) electrons. The Bertz CT molecular complexity index is 815. The standard InChI is InChI=1S/C40H70O6/c1-4-6-30-37(42)31-26-22-18-14-9-7-8-10-15-19-23-27-32-39(43)45-35-38(34-41)46-40(44)33-28-24-20-16-12-11-13-17-21-25-29-36(3)5-2/h7-8,14-15,18-19,26,31,36-38,41-42H,4-6,9-13,16-17,20-25,27-30,32-35H2,1-3H3/b8-7-,18-14-,19-15-,31-26-/t36?,37-,38-/m0/s1. The van der Waals surface area contributed by atoms with E-state index in [9.17, 15) is 19.8 Å². The zero-order valence-electron chi connectivity index (χ0n) is 29.8. The molecule has 0 aromatic carbocycles. The largest absolute Gasteiger partial charge is 0.462 e. The van der Waals surface area contributed by atoms with E-state index in [1.165, 1.54) is 57.8 Å². The zero-order valence-corrected chi connectivity index (χ0v) is 29.8. The van der Waals surface area contributed by atoms with Crippen LogP contribution in [0.5, 0.6) is 0 Å². The van der Waals surface area contributed by atoms with Gasteiger partial charge in [0.15, 0.2) is 6.10 Å². The molecule has 0 aliphatic rings.